The number of halogens is 1. The first kappa shape index (κ1) is 14.8. The van der Waals surface area contributed by atoms with Crippen molar-refractivity contribution in [2.45, 2.75) is 45.2 Å². The van der Waals surface area contributed by atoms with Crippen molar-refractivity contribution < 1.29 is 8.81 Å². The maximum atomic E-state index is 13.6. The maximum absolute atomic E-state index is 13.6. The van der Waals surface area contributed by atoms with Crippen molar-refractivity contribution in [1.82, 2.24) is 5.32 Å². The van der Waals surface area contributed by atoms with E-state index in [4.69, 9.17) is 4.42 Å². The molecule has 20 heavy (non-hydrogen) atoms. The van der Waals surface area contributed by atoms with Crippen LogP contribution in [0.2, 0.25) is 0 Å². The minimum absolute atomic E-state index is 0.121. The van der Waals surface area contributed by atoms with Gasteiger partial charge in [-0.05, 0) is 50.5 Å². The van der Waals surface area contributed by atoms with Crippen LogP contribution in [0.5, 0.6) is 0 Å². The number of aryl methyl sites for hydroxylation is 1. The molecule has 1 heterocycles. The molecule has 0 saturated heterocycles. The van der Waals surface area contributed by atoms with Crippen molar-refractivity contribution >= 4 is 0 Å². The van der Waals surface area contributed by atoms with E-state index in [1.54, 1.807) is 12.3 Å². The van der Waals surface area contributed by atoms with Crippen LogP contribution in [-0.2, 0) is 12.8 Å². The second-order valence-electron chi connectivity index (χ2n) is 5.38. The predicted octanol–water partition coefficient (Wildman–Crippen LogP) is 3.96. The van der Waals surface area contributed by atoms with Gasteiger partial charge in [0.25, 0.3) is 0 Å². The van der Waals surface area contributed by atoms with Crippen LogP contribution in [0.1, 0.15) is 31.6 Å². The third-order valence-electron chi connectivity index (χ3n) is 3.46. The Morgan fingerprint density at radius 3 is 2.60 bits per heavy atom. The molecule has 1 aromatic carbocycles. The van der Waals surface area contributed by atoms with Gasteiger partial charge in [-0.25, -0.2) is 4.39 Å². The molecule has 0 fully saturated rings. The van der Waals surface area contributed by atoms with E-state index in [1.807, 2.05) is 24.3 Å². The van der Waals surface area contributed by atoms with Crippen molar-refractivity contribution in [3.05, 3.63) is 59.8 Å². The van der Waals surface area contributed by atoms with Gasteiger partial charge in [-0.1, -0.05) is 18.2 Å². The van der Waals surface area contributed by atoms with Crippen LogP contribution in [0.3, 0.4) is 0 Å². The Morgan fingerprint density at radius 2 is 1.90 bits per heavy atom. The van der Waals surface area contributed by atoms with E-state index < -0.39 is 0 Å². The van der Waals surface area contributed by atoms with Crippen LogP contribution in [-0.4, -0.2) is 12.1 Å². The van der Waals surface area contributed by atoms with Gasteiger partial charge in [0.15, 0.2) is 0 Å². The van der Waals surface area contributed by atoms with Gasteiger partial charge in [-0.3, -0.25) is 0 Å². The molecule has 108 valence electrons. The zero-order valence-electron chi connectivity index (χ0n) is 12.1. The molecule has 2 unspecified atom stereocenters. The number of hydrogen-bond donors (Lipinski definition) is 1. The van der Waals surface area contributed by atoms with Crippen molar-refractivity contribution in [1.29, 1.82) is 0 Å². The fraction of sp³-hybridized carbons (Fsp3) is 0.412. The lowest BCUT2D eigenvalue weighted by Crippen LogP contribution is -2.36. The van der Waals surface area contributed by atoms with Crippen molar-refractivity contribution in [2.24, 2.45) is 0 Å². The van der Waals surface area contributed by atoms with Gasteiger partial charge in [0, 0.05) is 18.5 Å². The van der Waals surface area contributed by atoms with Crippen LogP contribution in [0.15, 0.2) is 47.1 Å². The Kier molecular flexibility index (Phi) is 5.36. The van der Waals surface area contributed by atoms with Crippen LogP contribution in [0.4, 0.5) is 4.39 Å². The van der Waals surface area contributed by atoms with Gasteiger partial charge in [0.2, 0.25) is 0 Å². The molecule has 1 aromatic heterocycles. The van der Waals surface area contributed by atoms with E-state index in [9.17, 15) is 4.39 Å². The highest BCUT2D eigenvalue weighted by Crippen LogP contribution is 2.11. The minimum atomic E-state index is -0.121. The third kappa shape index (κ3) is 4.49. The molecule has 2 atom stereocenters. The summed E-state index contributed by atoms with van der Waals surface area (Å²) < 4.78 is 18.9. The minimum Gasteiger partial charge on any atom is -0.469 e. The summed E-state index contributed by atoms with van der Waals surface area (Å²) in [6, 6.07) is 11.5. The molecule has 0 radical (unpaired) electrons. The summed E-state index contributed by atoms with van der Waals surface area (Å²) >= 11 is 0. The van der Waals surface area contributed by atoms with E-state index in [2.05, 4.69) is 19.2 Å². The van der Waals surface area contributed by atoms with E-state index in [-0.39, 0.29) is 11.9 Å². The van der Waals surface area contributed by atoms with Gasteiger partial charge in [0.05, 0.1) is 6.26 Å². The Bertz CT molecular complexity index is 509. The lowest BCUT2D eigenvalue weighted by atomic mass is 10.0. The number of rotatable bonds is 7. The van der Waals surface area contributed by atoms with E-state index in [0.717, 1.165) is 24.2 Å². The molecule has 0 spiro atoms. The van der Waals surface area contributed by atoms with E-state index >= 15 is 0 Å². The van der Waals surface area contributed by atoms with E-state index in [1.165, 1.54) is 6.07 Å². The lowest BCUT2D eigenvalue weighted by molar-refractivity contribution is 0.420. The number of benzene rings is 1. The molecule has 0 aliphatic rings. The van der Waals surface area contributed by atoms with Crippen molar-refractivity contribution in [2.75, 3.05) is 0 Å². The van der Waals surface area contributed by atoms with Gasteiger partial charge in [-0.15, -0.1) is 0 Å². The van der Waals surface area contributed by atoms with Gasteiger partial charge in [-0.2, -0.15) is 0 Å². The summed E-state index contributed by atoms with van der Waals surface area (Å²) in [7, 11) is 0. The fourth-order valence-electron chi connectivity index (χ4n) is 2.44. The smallest absolute Gasteiger partial charge is 0.126 e. The molecule has 3 heteroatoms. The zero-order chi connectivity index (χ0) is 14.4. The molecule has 0 aliphatic carbocycles. The van der Waals surface area contributed by atoms with Crippen molar-refractivity contribution in [3.8, 4) is 0 Å². The first-order valence-electron chi connectivity index (χ1n) is 7.17. The highest BCUT2D eigenvalue weighted by atomic mass is 19.1. The SMILES string of the molecule is CC(CCc1ccco1)NC(C)Cc1ccccc1F. The predicted molar refractivity (Wildman–Crippen MR) is 79.2 cm³/mol. The summed E-state index contributed by atoms with van der Waals surface area (Å²) in [4.78, 5) is 0. The second-order valence-corrected chi connectivity index (χ2v) is 5.38. The first-order chi connectivity index (χ1) is 9.65. The van der Waals surface area contributed by atoms with Crippen molar-refractivity contribution in [3.63, 3.8) is 0 Å². The Morgan fingerprint density at radius 1 is 1.10 bits per heavy atom. The molecule has 0 amide bonds. The molecule has 2 rings (SSSR count). The second kappa shape index (κ2) is 7.25. The largest absolute Gasteiger partial charge is 0.469 e. The number of nitrogens with one attached hydrogen (secondary N) is 1. The number of hydrogen-bond acceptors (Lipinski definition) is 2. The summed E-state index contributed by atoms with van der Waals surface area (Å²) in [5, 5.41) is 3.51. The Balaban J connectivity index is 1.76. The van der Waals surface area contributed by atoms with Crippen LogP contribution >= 0.6 is 0 Å². The average molecular weight is 275 g/mol. The quantitative estimate of drug-likeness (QED) is 0.827. The molecule has 1 N–H and O–H groups in total. The fourth-order valence-corrected chi connectivity index (χ4v) is 2.44. The monoisotopic (exact) mass is 275 g/mol. The average Bonchev–Trinajstić information content (AvgIpc) is 2.92. The molecular weight excluding hydrogens is 253 g/mol. The Labute approximate surface area is 120 Å². The maximum Gasteiger partial charge on any atom is 0.126 e. The molecule has 0 bridgehead atoms. The van der Waals surface area contributed by atoms with Gasteiger partial charge < -0.3 is 9.73 Å². The summed E-state index contributed by atoms with van der Waals surface area (Å²) in [6.45, 7) is 4.25. The highest BCUT2D eigenvalue weighted by molar-refractivity contribution is 5.18. The topological polar surface area (TPSA) is 25.2 Å². The standard InChI is InChI=1S/C17H22FNO/c1-13(9-10-16-7-5-11-20-16)19-14(2)12-15-6-3-4-8-17(15)18/h3-8,11,13-14,19H,9-10,12H2,1-2H3. The molecule has 2 aromatic rings. The van der Waals surface area contributed by atoms with Gasteiger partial charge >= 0.3 is 0 Å². The zero-order valence-corrected chi connectivity index (χ0v) is 12.1. The molecule has 0 saturated carbocycles. The van der Waals surface area contributed by atoms with E-state index in [0.29, 0.717) is 12.5 Å². The Hall–Kier alpha value is -1.61. The molecular formula is C17H22FNO. The molecule has 2 nitrogen and oxygen atoms in total. The van der Waals surface area contributed by atoms with Crippen LogP contribution in [0.25, 0.3) is 0 Å². The highest BCUT2D eigenvalue weighted by Gasteiger charge is 2.11. The molecule has 0 aliphatic heterocycles. The lowest BCUT2D eigenvalue weighted by Gasteiger charge is -2.20. The summed E-state index contributed by atoms with van der Waals surface area (Å²) in [5.74, 6) is 0.893. The normalized spacial score (nSPS) is 14.2. The number of furan rings is 1. The van der Waals surface area contributed by atoms with Gasteiger partial charge in [0.1, 0.15) is 11.6 Å². The third-order valence-corrected chi connectivity index (χ3v) is 3.46. The van der Waals surface area contributed by atoms with Crippen LogP contribution < -0.4 is 5.32 Å². The summed E-state index contributed by atoms with van der Waals surface area (Å²) in [6.07, 6.45) is 4.34. The first-order valence-corrected chi connectivity index (χ1v) is 7.17. The van der Waals surface area contributed by atoms with Crippen LogP contribution in [0, 0.1) is 5.82 Å². The summed E-state index contributed by atoms with van der Waals surface area (Å²) in [5.41, 5.74) is 0.769.